The standard InChI is InChI=1S/C11H23O3P/c1-8-11(2,13)10(12)9(14-8)6-7-15(3,4)5/h8-10,12-13H,3,6-7H2,1-2,4-5H3/t8-,9?,10+,11+/m0/s1. The average Bonchev–Trinajstić information content (AvgIpc) is 2.25. The molecule has 4 atom stereocenters. The molecule has 1 unspecified atom stereocenters. The Morgan fingerprint density at radius 2 is 2.00 bits per heavy atom. The topological polar surface area (TPSA) is 49.7 Å². The lowest BCUT2D eigenvalue weighted by Gasteiger charge is -2.24. The van der Waals surface area contributed by atoms with Gasteiger partial charge >= 0.3 is 0 Å². The molecule has 1 aliphatic rings. The maximum atomic E-state index is 9.95. The predicted molar refractivity (Wildman–Crippen MR) is 66.3 cm³/mol. The lowest BCUT2D eigenvalue weighted by atomic mass is 9.93. The predicted octanol–water partition coefficient (Wildman–Crippen LogP) is 0.985. The van der Waals surface area contributed by atoms with E-state index in [0.29, 0.717) is 0 Å². The summed E-state index contributed by atoms with van der Waals surface area (Å²) in [7, 11) is 0. The number of rotatable bonds is 3. The summed E-state index contributed by atoms with van der Waals surface area (Å²) in [4.78, 5) is 0. The van der Waals surface area contributed by atoms with Gasteiger partial charge in [-0.2, -0.15) is 0 Å². The highest BCUT2D eigenvalue weighted by molar-refractivity contribution is 7.72. The van der Waals surface area contributed by atoms with Crippen LogP contribution in [-0.4, -0.2) is 59.9 Å². The molecular weight excluding hydrogens is 211 g/mol. The molecule has 1 saturated heterocycles. The van der Waals surface area contributed by atoms with Gasteiger partial charge in [0.25, 0.3) is 0 Å². The van der Waals surface area contributed by atoms with Crippen LogP contribution in [0.5, 0.6) is 0 Å². The van der Waals surface area contributed by atoms with Crippen LogP contribution in [0.1, 0.15) is 20.3 Å². The normalized spacial score (nSPS) is 42.1. The fraction of sp³-hybridized carbons (Fsp3) is 0.909. The fourth-order valence-electron chi connectivity index (χ4n) is 1.79. The van der Waals surface area contributed by atoms with Crippen molar-refractivity contribution in [2.45, 2.75) is 44.2 Å². The Bertz CT molecular complexity index is 269. The Morgan fingerprint density at radius 3 is 2.33 bits per heavy atom. The van der Waals surface area contributed by atoms with Gasteiger partial charge < -0.3 is 14.9 Å². The third-order valence-electron chi connectivity index (χ3n) is 3.17. The summed E-state index contributed by atoms with van der Waals surface area (Å²) in [6.07, 6.45) is 4.57. The van der Waals surface area contributed by atoms with Crippen LogP contribution in [-0.2, 0) is 4.74 Å². The zero-order valence-corrected chi connectivity index (χ0v) is 11.0. The first-order valence-corrected chi connectivity index (χ1v) is 8.43. The van der Waals surface area contributed by atoms with E-state index in [1.807, 2.05) is 0 Å². The van der Waals surface area contributed by atoms with Crippen LogP contribution in [0.25, 0.3) is 0 Å². The van der Waals surface area contributed by atoms with Gasteiger partial charge in [0.1, 0.15) is 11.7 Å². The van der Waals surface area contributed by atoms with Gasteiger partial charge in [0.2, 0.25) is 0 Å². The van der Waals surface area contributed by atoms with Crippen LogP contribution in [0.2, 0.25) is 0 Å². The molecule has 1 fully saturated rings. The zero-order chi connectivity index (χ0) is 11.9. The molecule has 0 spiro atoms. The monoisotopic (exact) mass is 234 g/mol. The number of aliphatic hydroxyl groups excluding tert-OH is 1. The molecule has 4 heteroatoms. The van der Waals surface area contributed by atoms with Gasteiger partial charge in [-0.25, -0.2) is 0 Å². The van der Waals surface area contributed by atoms with E-state index in [9.17, 15) is 10.2 Å². The van der Waals surface area contributed by atoms with Crippen molar-refractivity contribution in [3.63, 3.8) is 0 Å². The van der Waals surface area contributed by atoms with Crippen molar-refractivity contribution in [3.8, 4) is 0 Å². The molecule has 1 aliphatic heterocycles. The SMILES string of the molecule is C=P(C)(C)CCC1O[C@@H](C)[C@@](C)(O)[C@@H]1O. The van der Waals surface area contributed by atoms with Crippen LogP contribution >= 0.6 is 6.89 Å². The van der Waals surface area contributed by atoms with Gasteiger partial charge in [-0.1, -0.05) is 0 Å². The minimum absolute atomic E-state index is 0.240. The van der Waals surface area contributed by atoms with Crippen LogP contribution < -0.4 is 0 Å². The zero-order valence-electron chi connectivity index (χ0n) is 10.1. The molecule has 0 radical (unpaired) electrons. The maximum Gasteiger partial charge on any atom is 0.116 e. The van der Waals surface area contributed by atoms with Crippen molar-refractivity contribution in [2.75, 3.05) is 19.5 Å². The summed E-state index contributed by atoms with van der Waals surface area (Å²) in [5.74, 6) is 0. The summed E-state index contributed by atoms with van der Waals surface area (Å²) in [6.45, 7) is 6.68. The van der Waals surface area contributed by atoms with Gasteiger partial charge in [0, 0.05) is 0 Å². The second kappa shape index (κ2) is 4.21. The first-order chi connectivity index (χ1) is 6.64. The summed E-state index contributed by atoms with van der Waals surface area (Å²) in [5.41, 5.74) is -1.12. The molecule has 0 saturated carbocycles. The van der Waals surface area contributed by atoms with E-state index in [4.69, 9.17) is 4.74 Å². The molecule has 0 aliphatic carbocycles. The van der Waals surface area contributed by atoms with Gasteiger partial charge in [-0.3, -0.25) is 0 Å². The van der Waals surface area contributed by atoms with Crippen molar-refractivity contribution in [1.29, 1.82) is 0 Å². The van der Waals surface area contributed by atoms with Crippen molar-refractivity contribution in [3.05, 3.63) is 0 Å². The van der Waals surface area contributed by atoms with E-state index in [2.05, 4.69) is 19.6 Å². The summed E-state index contributed by atoms with van der Waals surface area (Å²) in [5, 5.41) is 19.9. The van der Waals surface area contributed by atoms with Gasteiger partial charge in [-0.15, -0.1) is 13.2 Å². The highest BCUT2D eigenvalue weighted by Gasteiger charge is 2.49. The third-order valence-corrected chi connectivity index (χ3v) is 4.64. The molecular formula is C11H23O3P. The number of ether oxygens (including phenoxy) is 1. The average molecular weight is 234 g/mol. The highest BCUT2D eigenvalue weighted by Crippen LogP contribution is 2.39. The van der Waals surface area contributed by atoms with E-state index in [1.165, 1.54) is 0 Å². The van der Waals surface area contributed by atoms with Crippen molar-refractivity contribution in [1.82, 2.24) is 0 Å². The summed E-state index contributed by atoms with van der Waals surface area (Å²) < 4.78 is 5.57. The smallest absolute Gasteiger partial charge is 0.116 e. The molecule has 2 N–H and O–H groups in total. The second-order valence-corrected chi connectivity index (χ2v) is 9.75. The van der Waals surface area contributed by atoms with Gasteiger partial charge in [0.15, 0.2) is 0 Å². The van der Waals surface area contributed by atoms with E-state index >= 15 is 0 Å². The van der Waals surface area contributed by atoms with Crippen LogP contribution in [0, 0.1) is 0 Å². The van der Waals surface area contributed by atoms with Crippen molar-refractivity contribution >= 4 is 13.2 Å². The molecule has 1 heterocycles. The number of hydrogen-bond donors (Lipinski definition) is 2. The molecule has 0 aromatic carbocycles. The van der Waals surface area contributed by atoms with E-state index < -0.39 is 18.6 Å². The third kappa shape index (κ3) is 3.07. The van der Waals surface area contributed by atoms with Crippen LogP contribution in [0.4, 0.5) is 0 Å². The molecule has 1 rings (SSSR count). The quantitative estimate of drug-likeness (QED) is 0.716. The Kier molecular flexibility index (Phi) is 3.72. The molecule has 0 bridgehead atoms. The number of aliphatic hydroxyl groups is 2. The molecule has 0 aromatic heterocycles. The van der Waals surface area contributed by atoms with E-state index in [1.54, 1.807) is 13.8 Å². The molecule has 15 heavy (non-hydrogen) atoms. The first-order valence-electron chi connectivity index (χ1n) is 5.38. The van der Waals surface area contributed by atoms with Gasteiger partial charge in [-0.05, 0) is 39.8 Å². The Morgan fingerprint density at radius 1 is 1.47 bits per heavy atom. The van der Waals surface area contributed by atoms with E-state index in [-0.39, 0.29) is 12.2 Å². The Labute approximate surface area is 92.4 Å². The minimum atomic E-state index is -1.12. The lowest BCUT2D eigenvalue weighted by molar-refractivity contribution is -0.0568. The van der Waals surface area contributed by atoms with Crippen LogP contribution in [0.3, 0.4) is 0 Å². The lowest BCUT2D eigenvalue weighted by Crippen LogP contribution is -2.44. The molecule has 90 valence electrons. The number of hydrogen-bond acceptors (Lipinski definition) is 3. The Balaban J connectivity index is 2.57. The summed E-state index contributed by atoms with van der Waals surface area (Å²) >= 11 is 0. The highest BCUT2D eigenvalue weighted by atomic mass is 31.2. The van der Waals surface area contributed by atoms with Crippen molar-refractivity contribution < 1.29 is 14.9 Å². The molecule has 0 amide bonds. The van der Waals surface area contributed by atoms with Crippen molar-refractivity contribution in [2.24, 2.45) is 0 Å². The largest absolute Gasteiger partial charge is 0.387 e. The fourth-order valence-corrected chi connectivity index (χ4v) is 2.75. The minimum Gasteiger partial charge on any atom is -0.387 e. The molecule has 3 nitrogen and oxygen atoms in total. The summed E-state index contributed by atoms with van der Waals surface area (Å²) in [6, 6.07) is 0. The van der Waals surface area contributed by atoms with E-state index in [0.717, 1.165) is 12.6 Å². The Hall–Kier alpha value is 0.180. The first kappa shape index (κ1) is 13.2. The van der Waals surface area contributed by atoms with Crippen LogP contribution in [0.15, 0.2) is 0 Å². The maximum absolute atomic E-state index is 9.95. The second-order valence-electron chi connectivity index (χ2n) is 5.44. The van der Waals surface area contributed by atoms with Gasteiger partial charge in [0.05, 0.1) is 12.2 Å². The molecule has 0 aromatic rings.